The molecule has 7 heteroatoms. The fourth-order valence-corrected chi connectivity index (χ4v) is 6.52. The molecule has 0 bridgehead atoms. The van der Waals surface area contributed by atoms with Crippen molar-refractivity contribution in [3.8, 4) is 0 Å². The lowest BCUT2D eigenvalue weighted by Crippen LogP contribution is -2.56. The second-order valence-electron chi connectivity index (χ2n) is 12.0. The molecule has 1 fully saturated rings. The molecule has 2 aromatic carbocycles. The van der Waals surface area contributed by atoms with Gasteiger partial charge in [0.15, 0.2) is 0 Å². The molecule has 5 nitrogen and oxygen atoms in total. The lowest BCUT2D eigenvalue weighted by Gasteiger charge is -2.50. The van der Waals surface area contributed by atoms with E-state index in [1.807, 2.05) is 51.1 Å². The summed E-state index contributed by atoms with van der Waals surface area (Å²) >= 11 is 0. The van der Waals surface area contributed by atoms with Crippen molar-refractivity contribution in [3.63, 3.8) is 0 Å². The summed E-state index contributed by atoms with van der Waals surface area (Å²) in [5.41, 5.74) is 2.63. The third-order valence-corrected chi connectivity index (χ3v) is 8.94. The number of anilines is 1. The number of nitrogens with zero attached hydrogens (tertiary/aromatic N) is 2. The summed E-state index contributed by atoms with van der Waals surface area (Å²) in [4.78, 5) is 32.6. The van der Waals surface area contributed by atoms with Gasteiger partial charge in [-0.1, -0.05) is 50.3 Å². The summed E-state index contributed by atoms with van der Waals surface area (Å²) < 4.78 is 28.3. The van der Waals surface area contributed by atoms with Gasteiger partial charge >= 0.3 is 0 Å². The number of nitrogens with one attached hydrogen (secondary N) is 1. The monoisotopic (exact) mass is 527 g/mol. The largest absolute Gasteiger partial charge is 0.329 e. The first-order chi connectivity index (χ1) is 18.5. The van der Waals surface area contributed by atoms with E-state index in [2.05, 4.69) is 22.4 Å². The molecule has 1 N–H and O–H groups in total. The van der Waals surface area contributed by atoms with Crippen molar-refractivity contribution in [1.82, 2.24) is 9.88 Å². The van der Waals surface area contributed by atoms with Gasteiger partial charge in [0.25, 0.3) is 0 Å². The lowest BCUT2D eigenvalue weighted by molar-refractivity contribution is -0.153. The summed E-state index contributed by atoms with van der Waals surface area (Å²) in [6.45, 7) is 6.03. The van der Waals surface area contributed by atoms with Crippen molar-refractivity contribution in [2.24, 2.45) is 5.41 Å². The van der Waals surface area contributed by atoms with Crippen molar-refractivity contribution < 1.29 is 18.4 Å². The molecule has 0 saturated carbocycles. The van der Waals surface area contributed by atoms with Gasteiger partial charge in [0.1, 0.15) is 17.5 Å². The summed E-state index contributed by atoms with van der Waals surface area (Å²) in [7, 11) is 0. The van der Waals surface area contributed by atoms with Crippen LogP contribution in [-0.4, -0.2) is 28.2 Å². The van der Waals surface area contributed by atoms with Crippen LogP contribution < -0.4 is 5.32 Å². The maximum Gasteiger partial charge on any atom is 0.237 e. The van der Waals surface area contributed by atoms with E-state index in [0.717, 1.165) is 28.3 Å². The van der Waals surface area contributed by atoms with Gasteiger partial charge < -0.3 is 10.2 Å². The van der Waals surface area contributed by atoms with Crippen molar-refractivity contribution in [3.05, 3.63) is 100 Å². The number of aromatic nitrogens is 1. The zero-order valence-corrected chi connectivity index (χ0v) is 22.4. The SMILES string of the molecule is CC1(C)CC[C@@](C)(c2cc(F)cc(F)c2)N(C/C=C/c2ccc3c(c2)C[C@@]2(C3)C(=O)Nc3ncccc32)C1=O. The van der Waals surface area contributed by atoms with E-state index in [-0.39, 0.29) is 11.8 Å². The molecular weight excluding hydrogens is 496 g/mol. The summed E-state index contributed by atoms with van der Waals surface area (Å²) in [6.07, 6.45) is 8.06. The summed E-state index contributed by atoms with van der Waals surface area (Å²) in [5, 5.41) is 2.94. The first-order valence-corrected chi connectivity index (χ1v) is 13.4. The highest BCUT2D eigenvalue weighted by atomic mass is 19.1. The average Bonchev–Trinajstić information content (AvgIpc) is 3.40. The molecule has 1 aliphatic carbocycles. The number of pyridine rings is 1. The van der Waals surface area contributed by atoms with Gasteiger partial charge in [-0.15, -0.1) is 0 Å². The first-order valence-electron chi connectivity index (χ1n) is 13.4. The molecule has 1 spiro atoms. The van der Waals surface area contributed by atoms with Crippen molar-refractivity contribution >= 4 is 23.7 Å². The van der Waals surface area contributed by atoms with Crippen LogP contribution in [0.15, 0.2) is 60.8 Å². The molecular formula is C32H31F2N3O2. The van der Waals surface area contributed by atoms with Gasteiger partial charge in [0.2, 0.25) is 11.8 Å². The molecule has 200 valence electrons. The molecule has 3 aliphatic rings. The average molecular weight is 528 g/mol. The predicted molar refractivity (Wildman–Crippen MR) is 146 cm³/mol. The first kappa shape index (κ1) is 25.4. The van der Waals surface area contributed by atoms with Gasteiger partial charge in [-0.3, -0.25) is 9.59 Å². The fourth-order valence-electron chi connectivity index (χ4n) is 6.52. The smallest absolute Gasteiger partial charge is 0.237 e. The highest BCUT2D eigenvalue weighted by Gasteiger charge is 2.51. The van der Waals surface area contributed by atoms with E-state index in [0.29, 0.717) is 43.6 Å². The van der Waals surface area contributed by atoms with Crippen LogP contribution in [0, 0.1) is 17.0 Å². The number of likely N-dealkylation sites (tertiary alicyclic amines) is 1. The Bertz CT molecular complexity index is 1530. The Kier molecular flexibility index (Phi) is 5.75. The fraction of sp³-hybridized carbons (Fsp3) is 0.344. The van der Waals surface area contributed by atoms with E-state index < -0.39 is 28.0 Å². The minimum Gasteiger partial charge on any atom is -0.329 e. The number of amides is 2. The van der Waals surface area contributed by atoms with Crippen LogP contribution in [-0.2, 0) is 33.4 Å². The van der Waals surface area contributed by atoms with Gasteiger partial charge in [-0.2, -0.15) is 0 Å². The van der Waals surface area contributed by atoms with Gasteiger partial charge in [-0.25, -0.2) is 13.8 Å². The van der Waals surface area contributed by atoms with Crippen LogP contribution in [0.5, 0.6) is 0 Å². The molecule has 0 unspecified atom stereocenters. The zero-order valence-electron chi connectivity index (χ0n) is 22.4. The second kappa shape index (κ2) is 8.83. The minimum absolute atomic E-state index is 0.0104. The number of hydrogen-bond donors (Lipinski definition) is 1. The predicted octanol–water partition coefficient (Wildman–Crippen LogP) is 5.93. The molecule has 1 saturated heterocycles. The topological polar surface area (TPSA) is 62.3 Å². The van der Waals surface area contributed by atoms with Crippen molar-refractivity contribution in [1.29, 1.82) is 0 Å². The third kappa shape index (κ3) is 4.06. The number of halogens is 2. The molecule has 1 aromatic heterocycles. The van der Waals surface area contributed by atoms with E-state index >= 15 is 0 Å². The van der Waals surface area contributed by atoms with Gasteiger partial charge in [0.05, 0.1) is 11.0 Å². The van der Waals surface area contributed by atoms with Crippen molar-refractivity contribution in [2.45, 2.75) is 57.4 Å². The van der Waals surface area contributed by atoms with E-state index in [1.54, 1.807) is 11.1 Å². The Labute approximate surface area is 226 Å². The number of hydrogen-bond acceptors (Lipinski definition) is 3. The molecule has 3 aromatic rings. The number of carbonyl (C=O) groups is 2. The minimum atomic E-state index is -0.832. The lowest BCUT2D eigenvalue weighted by atomic mass is 9.72. The van der Waals surface area contributed by atoms with E-state index in [9.17, 15) is 18.4 Å². The maximum atomic E-state index is 14.1. The molecule has 2 aliphatic heterocycles. The quantitative estimate of drug-likeness (QED) is 0.458. The maximum absolute atomic E-state index is 14.1. The zero-order chi connectivity index (χ0) is 27.6. The molecule has 2 amide bonds. The summed E-state index contributed by atoms with van der Waals surface area (Å²) in [6, 6.07) is 13.6. The second-order valence-corrected chi connectivity index (χ2v) is 12.0. The van der Waals surface area contributed by atoms with Crippen LogP contribution in [0.2, 0.25) is 0 Å². The number of fused-ring (bicyclic) bond motifs is 3. The molecule has 6 rings (SSSR count). The Morgan fingerprint density at radius 2 is 1.72 bits per heavy atom. The number of piperidine rings is 1. The molecule has 39 heavy (non-hydrogen) atoms. The van der Waals surface area contributed by atoms with Gasteiger partial charge in [0, 0.05) is 29.8 Å². The van der Waals surface area contributed by atoms with Crippen molar-refractivity contribution in [2.75, 3.05) is 11.9 Å². The Hall–Kier alpha value is -3.87. The van der Waals surface area contributed by atoms with Crippen LogP contribution >= 0.6 is 0 Å². The third-order valence-electron chi connectivity index (χ3n) is 8.94. The normalized spacial score (nSPS) is 25.3. The summed E-state index contributed by atoms with van der Waals surface area (Å²) in [5.74, 6) is -0.705. The van der Waals surface area contributed by atoms with Crippen LogP contribution in [0.3, 0.4) is 0 Å². The number of benzene rings is 2. The molecule has 2 atom stereocenters. The van der Waals surface area contributed by atoms with Crippen LogP contribution in [0.25, 0.3) is 6.08 Å². The Morgan fingerprint density at radius 1 is 0.974 bits per heavy atom. The van der Waals surface area contributed by atoms with E-state index in [4.69, 9.17) is 0 Å². The van der Waals surface area contributed by atoms with E-state index in [1.165, 1.54) is 12.1 Å². The van der Waals surface area contributed by atoms with Crippen LogP contribution in [0.4, 0.5) is 14.6 Å². The molecule has 3 heterocycles. The Morgan fingerprint density at radius 3 is 2.49 bits per heavy atom. The van der Waals surface area contributed by atoms with Crippen LogP contribution in [0.1, 0.15) is 61.4 Å². The number of carbonyl (C=O) groups excluding carboxylic acids is 2. The highest BCUT2D eigenvalue weighted by Crippen LogP contribution is 2.47. The highest BCUT2D eigenvalue weighted by molar-refractivity contribution is 6.06. The Balaban J connectivity index is 1.26. The van der Waals surface area contributed by atoms with Gasteiger partial charge in [-0.05, 0) is 73.1 Å². The standard InChI is InChI=1S/C32H31F2N3O2/c1-30(2)10-11-31(3,23-15-24(33)17-25(34)16-23)37(29(30)39)13-5-6-20-8-9-21-18-32(19-22(21)14-20)26-7-4-12-35-27(26)36-28(32)38/h4-9,12,14-17H,10-11,13,18-19H2,1-3H3,(H,35,36,38)/b6-5+/t31-,32+/m0/s1. The number of rotatable bonds is 4. The molecule has 0 radical (unpaired) electrons.